The van der Waals surface area contributed by atoms with Gasteiger partial charge in [-0.1, -0.05) is 27.2 Å². The largest absolute Gasteiger partial charge is 0.481 e. The summed E-state index contributed by atoms with van der Waals surface area (Å²) in [5.41, 5.74) is 0.769. The van der Waals surface area contributed by atoms with Crippen molar-refractivity contribution in [1.29, 1.82) is 0 Å². The van der Waals surface area contributed by atoms with E-state index in [1.165, 1.54) is 44.9 Å². The highest BCUT2D eigenvalue weighted by Gasteiger charge is 2.62. The van der Waals surface area contributed by atoms with Crippen molar-refractivity contribution < 1.29 is 15.0 Å². The molecule has 0 aromatic heterocycles. The molecule has 3 nitrogen and oxygen atoms in total. The van der Waals surface area contributed by atoms with Crippen molar-refractivity contribution in [3.8, 4) is 0 Å². The van der Waals surface area contributed by atoms with E-state index < -0.39 is 5.97 Å². The summed E-state index contributed by atoms with van der Waals surface area (Å²) in [4.78, 5) is 10.9. The lowest BCUT2D eigenvalue weighted by Gasteiger charge is -2.62. The number of carboxylic acids is 1. The Labute approximate surface area is 165 Å². The number of hydrogen-bond donors (Lipinski definition) is 2. The van der Waals surface area contributed by atoms with Crippen LogP contribution >= 0.6 is 0 Å². The summed E-state index contributed by atoms with van der Waals surface area (Å²) in [7, 11) is 0. The molecular formula is C24H40O3. The fourth-order valence-corrected chi connectivity index (χ4v) is 8.52. The van der Waals surface area contributed by atoms with Crippen LogP contribution in [0.5, 0.6) is 0 Å². The second kappa shape index (κ2) is 7.04. The molecule has 4 rings (SSSR count). The fourth-order valence-electron chi connectivity index (χ4n) is 8.52. The number of rotatable bonds is 4. The lowest BCUT2D eigenvalue weighted by molar-refractivity contribution is -0.167. The molecule has 2 N–H and O–H groups in total. The smallest absolute Gasteiger partial charge is 0.303 e. The van der Waals surface area contributed by atoms with Crippen molar-refractivity contribution in [2.24, 2.45) is 46.3 Å². The highest BCUT2D eigenvalue weighted by molar-refractivity contribution is 5.66. The van der Waals surface area contributed by atoms with Crippen LogP contribution < -0.4 is 0 Å². The maximum absolute atomic E-state index is 11.3. The van der Waals surface area contributed by atoms with Gasteiger partial charge in [0.1, 0.15) is 0 Å². The molecule has 0 amide bonds. The fraction of sp³-hybridized carbons (Fsp3) is 0.958. The summed E-state index contributed by atoms with van der Waals surface area (Å²) in [6.45, 7) is 7.44. The van der Waals surface area contributed by atoms with Crippen LogP contribution in [0, 0.1) is 46.3 Å². The van der Waals surface area contributed by atoms with Crippen molar-refractivity contribution in [2.45, 2.75) is 97.5 Å². The molecule has 4 fully saturated rings. The van der Waals surface area contributed by atoms with Gasteiger partial charge in [-0.15, -0.1) is 0 Å². The third-order valence-corrected chi connectivity index (χ3v) is 10.1. The first-order chi connectivity index (χ1) is 12.8. The van der Waals surface area contributed by atoms with E-state index in [1.54, 1.807) is 0 Å². The first-order valence-electron chi connectivity index (χ1n) is 11.7. The SMILES string of the molecule is C[C@@H]1CCC2(C)C(C1)C[C@@H](O)C1C3CCC(CCCC(=O)O)C3(C)CCC12. The van der Waals surface area contributed by atoms with Gasteiger partial charge in [-0.05, 0) is 104 Å². The molecule has 27 heavy (non-hydrogen) atoms. The van der Waals surface area contributed by atoms with Gasteiger partial charge in [0.2, 0.25) is 0 Å². The van der Waals surface area contributed by atoms with Gasteiger partial charge in [-0.25, -0.2) is 0 Å². The molecule has 0 aromatic rings. The highest BCUT2D eigenvalue weighted by atomic mass is 16.4. The zero-order valence-electron chi connectivity index (χ0n) is 17.6. The molecule has 4 aliphatic carbocycles. The number of carboxylic acid groups (broad SMARTS) is 1. The lowest BCUT2D eigenvalue weighted by Crippen LogP contribution is -2.58. The van der Waals surface area contributed by atoms with Crippen molar-refractivity contribution in [2.75, 3.05) is 0 Å². The average molecular weight is 377 g/mol. The number of fused-ring (bicyclic) bond motifs is 5. The van der Waals surface area contributed by atoms with Crippen molar-refractivity contribution >= 4 is 5.97 Å². The Kier molecular flexibility index (Phi) is 5.15. The van der Waals surface area contributed by atoms with E-state index in [4.69, 9.17) is 5.11 Å². The molecule has 0 aromatic carbocycles. The summed E-state index contributed by atoms with van der Waals surface area (Å²) < 4.78 is 0. The van der Waals surface area contributed by atoms with Crippen LogP contribution in [0.25, 0.3) is 0 Å². The monoisotopic (exact) mass is 376 g/mol. The molecule has 3 heteroatoms. The third kappa shape index (κ3) is 3.16. The average Bonchev–Trinajstić information content (AvgIpc) is 2.93. The standard InChI is InChI=1S/C24H40O3/c1-15-9-11-24(3)17(13-15)14-20(25)22-18-8-7-16(5-4-6-21(26)27)23(18,2)12-10-19(22)24/h15-20,22,25H,4-14H2,1-3H3,(H,26,27)/t15-,16?,17?,18?,19?,20-,22?,23?,24?/m1/s1. The normalized spacial score (nSPS) is 51.9. The summed E-state index contributed by atoms with van der Waals surface area (Å²) in [5, 5.41) is 20.3. The van der Waals surface area contributed by atoms with E-state index >= 15 is 0 Å². The van der Waals surface area contributed by atoms with Gasteiger partial charge in [-0.3, -0.25) is 4.79 Å². The molecule has 4 aliphatic rings. The number of aliphatic carboxylic acids is 1. The maximum atomic E-state index is 11.3. The summed E-state index contributed by atoms with van der Waals surface area (Å²) in [6, 6.07) is 0. The van der Waals surface area contributed by atoms with E-state index in [2.05, 4.69) is 20.8 Å². The van der Waals surface area contributed by atoms with Crippen LogP contribution in [-0.4, -0.2) is 22.3 Å². The Balaban J connectivity index is 1.53. The Bertz CT molecular complexity index is 574. The maximum Gasteiger partial charge on any atom is 0.303 e. The number of carbonyl (C=O) groups is 1. The third-order valence-electron chi connectivity index (χ3n) is 10.1. The topological polar surface area (TPSA) is 57.5 Å². The highest BCUT2D eigenvalue weighted by Crippen LogP contribution is 2.68. The first kappa shape index (κ1) is 19.7. The van der Waals surface area contributed by atoms with Gasteiger partial charge < -0.3 is 10.2 Å². The first-order valence-corrected chi connectivity index (χ1v) is 11.7. The van der Waals surface area contributed by atoms with Crippen molar-refractivity contribution in [1.82, 2.24) is 0 Å². The predicted octanol–water partition coefficient (Wildman–Crippen LogP) is 5.51. The van der Waals surface area contributed by atoms with Gasteiger partial charge in [-0.2, -0.15) is 0 Å². The van der Waals surface area contributed by atoms with E-state index in [0.29, 0.717) is 40.9 Å². The van der Waals surface area contributed by atoms with Crippen LogP contribution in [0.1, 0.15) is 91.4 Å². The van der Waals surface area contributed by atoms with E-state index in [9.17, 15) is 9.90 Å². The predicted molar refractivity (Wildman–Crippen MR) is 107 cm³/mol. The van der Waals surface area contributed by atoms with Crippen molar-refractivity contribution in [3.05, 3.63) is 0 Å². The molecule has 9 atom stereocenters. The molecule has 0 spiro atoms. The minimum absolute atomic E-state index is 0.110. The minimum Gasteiger partial charge on any atom is -0.481 e. The Hall–Kier alpha value is -0.570. The molecule has 4 saturated carbocycles. The molecule has 0 saturated heterocycles. The van der Waals surface area contributed by atoms with E-state index in [0.717, 1.165) is 31.1 Å². The second-order valence-electron chi connectivity index (χ2n) is 11.3. The van der Waals surface area contributed by atoms with E-state index in [-0.39, 0.29) is 6.10 Å². The van der Waals surface area contributed by atoms with Crippen LogP contribution in [0.3, 0.4) is 0 Å². The minimum atomic E-state index is -0.661. The molecular weight excluding hydrogens is 336 g/mol. The van der Waals surface area contributed by atoms with Crippen molar-refractivity contribution in [3.63, 3.8) is 0 Å². The van der Waals surface area contributed by atoms with Crippen LogP contribution in [0.4, 0.5) is 0 Å². The number of aliphatic hydroxyl groups excluding tert-OH is 1. The van der Waals surface area contributed by atoms with Gasteiger partial charge in [0, 0.05) is 6.42 Å². The van der Waals surface area contributed by atoms with Crippen LogP contribution in [0.15, 0.2) is 0 Å². The number of hydrogen-bond acceptors (Lipinski definition) is 2. The molecule has 7 unspecified atom stereocenters. The summed E-state index contributed by atoms with van der Waals surface area (Å²) in [6.07, 6.45) is 12.2. The van der Waals surface area contributed by atoms with Crippen LogP contribution in [0.2, 0.25) is 0 Å². The zero-order chi connectivity index (χ0) is 19.4. The summed E-state index contributed by atoms with van der Waals surface area (Å²) >= 11 is 0. The second-order valence-corrected chi connectivity index (χ2v) is 11.3. The number of aliphatic hydroxyl groups is 1. The quantitative estimate of drug-likeness (QED) is 0.680. The Morgan fingerprint density at radius 1 is 1.00 bits per heavy atom. The van der Waals surface area contributed by atoms with Gasteiger partial charge >= 0.3 is 5.97 Å². The summed E-state index contributed by atoms with van der Waals surface area (Å²) in [5.74, 6) is 3.38. The van der Waals surface area contributed by atoms with E-state index in [1.807, 2.05) is 0 Å². The zero-order valence-corrected chi connectivity index (χ0v) is 17.6. The molecule has 0 heterocycles. The molecule has 154 valence electrons. The lowest BCUT2D eigenvalue weighted by atomic mass is 9.43. The van der Waals surface area contributed by atoms with Gasteiger partial charge in [0.15, 0.2) is 0 Å². The molecule has 0 aliphatic heterocycles. The molecule has 0 bridgehead atoms. The van der Waals surface area contributed by atoms with Gasteiger partial charge in [0.05, 0.1) is 6.10 Å². The molecule has 0 radical (unpaired) electrons. The van der Waals surface area contributed by atoms with Crippen LogP contribution in [-0.2, 0) is 4.79 Å². The van der Waals surface area contributed by atoms with Gasteiger partial charge in [0.25, 0.3) is 0 Å². The Morgan fingerprint density at radius 3 is 2.44 bits per heavy atom. The Morgan fingerprint density at radius 2 is 1.70 bits per heavy atom.